The van der Waals surface area contributed by atoms with Crippen LogP contribution in [-0.2, 0) is 14.3 Å². The Bertz CT molecular complexity index is 912. The molecule has 154 valence electrons. The standard InChI is InChI=1S/C21H23NO7/c1-12-6-7-14(20(24)28-5)8-16(12)22-19(23)11-29-21(25)15-9-17(26-3)13(2)18(10-15)27-4/h6-10H,11H2,1-5H3,(H,22,23). The Kier molecular flexibility index (Phi) is 7.19. The van der Waals surface area contributed by atoms with Crippen LogP contribution in [-0.4, -0.2) is 45.8 Å². The van der Waals surface area contributed by atoms with Gasteiger partial charge in [0.25, 0.3) is 5.91 Å². The Morgan fingerprint density at radius 3 is 2.03 bits per heavy atom. The molecule has 0 radical (unpaired) electrons. The summed E-state index contributed by atoms with van der Waals surface area (Å²) in [6, 6.07) is 7.80. The number of anilines is 1. The summed E-state index contributed by atoms with van der Waals surface area (Å²) in [4.78, 5) is 36.2. The first kappa shape index (κ1) is 21.7. The highest BCUT2D eigenvalue weighted by molar-refractivity contribution is 5.98. The monoisotopic (exact) mass is 401 g/mol. The molecule has 29 heavy (non-hydrogen) atoms. The molecule has 0 atom stereocenters. The van der Waals surface area contributed by atoms with E-state index in [4.69, 9.17) is 14.2 Å². The van der Waals surface area contributed by atoms with Crippen LogP contribution in [0.3, 0.4) is 0 Å². The van der Waals surface area contributed by atoms with E-state index >= 15 is 0 Å². The number of methoxy groups -OCH3 is 3. The van der Waals surface area contributed by atoms with Gasteiger partial charge in [-0.1, -0.05) is 6.07 Å². The Hall–Kier alpha value is -3.55. The van der Waals surface area contributed by atoms with Gasteiger partial charge >= 0.3 is 11.9 Å². The lowest BCUT2D eigenvalue weighted by atomic mass is 10.1. The van der Waals surface area contributed by atoms with E-state index in [1.54, 1.807) is 26.0 Å². The Morgan fingerprint density at radius 2 is 1.48 bits per heavy atom. The number of aryl methyl sites for hydroxylation is 1. The van der Waals surface area contributed by atoms with E-state index in [1.165, 1.54) is 39.5 Å². The minimum Gasteiger partial charge on any atom is -0.496 e. The van der Waals surface area contributed by atoms with E-state index in [0.717, 1.165) is 11.1 Å². The fraction of sp³-hybridized carbons (Fsp3) is 0.286. The number of rotatable bonds is 7. The lowest BCUT2D eigenvalue weighted by Crippen LogP contribution is -2.21. The number of carbonyl (C=O) groups excluding carboxylic acids is 3. The second-order valence-electron chi connectivity index (χ2n) is 6.15. The van der Waals surface area contributed by atoms with Gasteiger partial charge < -0.3 is 24.3 Å². The second kappa shape index (κ2) is 9.59. The average molecular weight is 401 g/mol. The zero-order valence-corrected chi connectivity index (χ0v) is 17.0. The van der Waals surface area contributed by atoms with Crippen molar-refractivity contribution in [1.82, 2.24) is 0 Å². The molecule has 8 nitrogen and oxygen atoms in total. The molecule has 0 aliphatic carbocycles. The van der Waals surface area contributed by atoms with Gasteiger partial charge in [-0.05, 0) is 43.7 Å². The van der Waals surface area contributed by atoms with Crippen molar-refractivity contribution in [3.8, 4) is 11.5 Å². The van der Waals surface area contributed by atoms with Gasteiger partial charge in [-0.2, -0.15) is 0 Å². The summed E-state index contributed by atoms with van der Waals surface area (Å²) in [6.45, 7) is 3.07. The van der Waals surface area contributed by atoms with Crippen LogP contribution in [0.1, 0.15) is 31.8 Å². The van der Waals surface area contributed by atoms with Crippen LogP contribution in [0.25, 0.3) is 0 Å². The number of amides is 1. The summed E-state index contributed by atoms with van der Waals surface area (Å²) in [5.41, 5.74) is 2.40. The predicted octanol–water partition coefficient (Wildman–Crippen LogP) is 2.90. The Labute approximate surface area is 168 Å². The highest BCUT2D eigenvalue weighted by atomic mass is 16.5. The summed E-state index contributed by atoms with van der Waals surface area (Å²) in [6.07, 6.45) is 0. The lowest BCUT2D eigenvalue weighted by molar-refractivity contribution is -0.119. The predicted molar refractivity (Wildman–Crippen MR) is 106 cm³/mol. The first-order valence-electron chi connectivity index (χ1n) is 8.69. The molecule has 0 spiro atoms. The number of hydrogen-bond donors (Lipinski definition) is 1. The fourth-order valence-corrected chi connectivity index (χ4v) is 2.61. The van der Waals surface area contributed by atoms with E-state index in [2.05, 4.69) is 10.1 Å². The zero-order chi connectivity index (χ0) is 21.6. The molecule has 2 rings (SSSR count). The molecule has 2 aromatic rings. The van der Waals surface area contributed by atoms with Crippen molar-refractivity contribution in [2.24, 2.45) is 0 Å². The largest absolute Gasteiger partial charge is 0.496 e. The van der Waals surface area contributed by atoms with E-state index in [9.17, 15) is 14.4 Å². The molecule has 0 bridgehead atoms. The van der Waals surface area contributed by atoms with E-state index in [0.29, 0.717) is 22.7 Å². The van der Waals surface area contributed by atoms with Gasteiger partial charge in [0.1, 0.15) is 11.5 Å². The van der Waals surface area contributed by atoms with Crippen molar-refractivity contribution in [3.63, 3.8) is 0 Å². The van der Waals surface area contributed by atoms with Gasteiger partial charge in [0, 0.05) is 11.3 Å². The highest BCUT2D eigenvalue weighted by Gasteiger charge is 2.17. The lowest BCUT2D eigenvalue weighted by Gasteiger charge is -2.13. The van der Waals surface area contributed by atoms with Gasteiger partial charge in [-0.3, -0.25) is 4.79 Å². The molecule has 0 aliphatic heterocycles. The van der Waals surface area contributed by atoms with Gasteiger partial charge in [0.05, 0.1) is 32.5 Å². The quantitative estimate of drug-likeness (QED) is 0.712. The van der Waals surface area contributed by atoms with Crippen LogP contribution in [0.4, 0.5) is 5.69 Å². The molecule has 0 aromatic heterocycles. The van der Waals surface area contributed by atoms with E-state index < -0.39 is 24.5 Å². The van der Waals surface area contributed by atoms with Crippen LogP contribution in [0.2, 0.25) is 0 Å². The highest BCUT2D eigenvalue weighted by Crippen LogP contribution is 2.29. The van der Waals surface area contributed by atoms with Crippen molar-refractivity contribution in [2.75, 3.05) is 33.3 Å². The minimum absolute atomic E-state index is 0.195. The topological polar surface area (TPSA) is 100 Å². The molecule has 1 amide bonds. The molecule has 0 saturated carbocycles. The normalized spacial score (nSPS) is 10.1. The van der Waals surface area contributed by atoms with Crippen molar-refractivity contribution >= 4 is 23.5 Å². The third-order valence-corrected chi connectivity index (χ3v) is 4.26. The van der Waals surface area contributed by atoms with E-state index in [-0.39, 0.29) is 5.56 Å². The summed E-state index contributed by atoms with van der Waals surface area (Å²) < 4.78 is 20.2. The number of hydrogen-bond acceptors (Lipinski definition) is 7. The fourth-order valence-electron chi connectivity index (χ4n) is 2.61. The van der Waals surface area contributed by atoms with Crippen LogP contribution in [0.15, 0.2) is 30.3 Å². The maximum Gasteiger partial charge on any atom is 0.338 e. The Balaban J connectivity index is 2.06. The maximum absolute atomic E-state index is 12.3. The summed E-state index contributed by atoms with van der Waals surface area (Å²) in [5.74, 6) is -0.826. The van der Waals surface area contributed by atoms with Gasteiger partial charge in [-0.15, -0.1) is 0 Å². The maximum atomic E-state index is 12.3. The van der Waals surface area contributed by atoms with Gasteiger partial charge in [0.15, 0.2) is 6.61 Å². The first-order valence-corrected chi connectivity index (χ1v) is 8.69. The van der Waals surface area contributed by atoms with Crippen molar-refractivity contribution < 1.29 is 33.3 Å². The summed E-state index contributed by atoms with van der Waals surface area (Å²) >= 11 is 0. The van der Waals surface area contributed by atoms with Crippen molar-refractivity contribution in [1.29, 1.82) is 0 Å². The molecular weight excluding hydrogens is 378 g/mol. The zero-order valence-electron chi connectivity index (χ0n) is 17.0. The number of benzene rings is 2. The molecule has 2 aromatic carbocycles. The van der Waals surface area contributed by atoms with Crippen LogP contribution in [0, 0.1) is 13.8 Å². The third-order valence-electron chi connectivity index (χ3n) is 4.26. The van der Waals surface area contributed by atoms with Gasteiger partial charge in [-0.25, -0.2) is 9.59 Å². The molecule has 0 unspecified atom stereocenters. The molecule has 0 fully saturated rings. The first-order chi connectivity index (χ1) is 13.8. The number of nitrogens with one attached hydrogen (secondary N) is 1. The minimum atomic E-state index is -0.697. The molecule has 1 N–H and O–H groups in total. The van der Waals surface area contributed by atoms with Gasteiger partial charge in [0.2, 0.25) is 0 Å². The second-order valence-corrected chi connectivity index (χ2v) is 6.15. The van der Waals surface area contributed by atoms with Crippen LogP contribution < -0.4 is 14.8 Å². The molecule has 0 saturated heterocycles. The number of esters is 2. The molecular formula is C21H23NO7. The Morgan fingerprint density at radius 1 is 0.862 bits per heavy atom. The SMILES string of the molecule is COC(=O)c1ccc(C)c(NC(=O)COC(=O)c2cc(OC)c(C)c(OC)c2)c1. The van der Waals surface area contributed by atoms with Crippen LogP contribution in [0.5, 0.6) is 11.5 Å². The van der Waals surface area contributed by atoms with Crippen molar-refractivity contribution in [3.05, 3.63) is 52.6 Å². The number of carbonyl (C=O) groups is 3. The van der Waals surface area contributed by atoms with Crippen molar-refractivity contribution in [2.45, 2.75) is 13.8 Å². The smallest absolute Gasteiger partial charge is 0.338 e. The number of ether oxygens (including phenoxy) is 4. The van der Waals surface area contributed by atoms with E-state index in [1.807, 2.05) is 0 Å². The summed E-state index contributed by atoms with van der Waals surface area (Å²) in [5, 5.41) is 2.62. The molecule has 0 heterocycles. The summed E-state index contributed by atoms with van der Waals surface area (Å²) in [7, 11) is 4.24. The molecule has 0 aliphatic rings. The third kappa shape index (κ3) is 5.25. The molecule has 8 heteroatoms. The average Bonchev–Trinajstić information content (AvgIpc) is 2.73. The van der Waals surface area contributed by atoms with Crippen LogP contribution >= 0.6 is 0 Å².